The summed E-state index contributed by atoms with van der Waals surface area (Å²) in [4.78, 5) is 2.63. The third-order valence-electron chi connectivity index (χ3n) is 2.97. The molecule has 0 radical (unpaired) electrons. The molecule has 0 N–H and O–H groups in total. The van der Waals surface area contributed by atoms with Crippen molar-refractivity contribution in [1.29, 1.82) is 0 Å². The van der Waals surface area contributed by atoms with Crippen molar-refractivity contribution in [2.75, 3.05) is 19.6 Å². The third kappa shape index (κ3) is 3.14. The summed E-state index contributed by atoms with van der Waals surface area (Å²) >= 11 is 0. The molecule has 1 unspecified atom stereocenters. The van der Waals surface area contributed by atoms with Gasteiger partial charge in [0.2, 0.25) is 0 Å². The van der Waals surface area contributed by atoms with Gasteiger partial charge in [-0.2, -0.15) is 0 Å². The number of rotatable bonds is 4. The van der Waals surface area contributed by atoms with Crippen LogP contribution in [0, 0.1) is 11.8 Å². The van der Waals surface area contributed by atoms with Crippen molar-refractivity contribution in [3.8, 4) is 0 Å². The minimum atomic E-state index is 0.866. The Labute approximate surface area is 77.1 Å². The van der Waals surface area contributed by atoms with Crippen molar-refractivity contribution in [3.63, 3.8) is 0 Å². The maximum absolute atomic E-state index is 2.63. The Bertz CT molecular complexity index is 120. The van der Waals surface area contributed by atoms with E-state index in [0.29, 0.717) is 0 Å². The third-order valence-corrected chi connectivity index (χ3v) is 2.97. The maximum atomic E-state index is 2.63. The van der Waals surface area contributed by atoms with Crippen LogP contribution in [-0.4, -0.2) is 24.5 Å². The topological polar surface area (TPSA) is 3.24 Å². The fourth-order valence-corrected chi connectivity index (χ4v) is 1.89. The van der Waals surface area contributed by atoms with Gasteiger partial charge in [-0.3, -0.25) is 0 Å². The van der Waals surface area contributed by atoms with Gasteiger partial charge < -0.3 is 4.90 Å². The van der Waals surface area contributed by atoms with E-state index < -0.39 is 0 Å². The molecule has 1 heteroatoms. The lowest BCUT2D eigenvalue weighted by Crippen LogP contribution is -2.22. The van der Waals surface area contributed by atoms with Crippen molar-refractivity contribution < 1.29 is 0 Å². The van der Waals surface area contributed by atoms with Crippen LogP contribution in [0.15, 0.2) is 0 Å². The molecular weight excluding hydrogens is 146 g/mol. The second kappa shape index (κ2) is 4.86. The largest absolute Gasteiger partial charge is 0.303 e. The van der Waals surface area contributed by atoms with Gasteiger partial charge >= 0.3 is 0 Å². The first kappa shape index (κ1) is 10.0. The van der Waals surface area contributed by atoms with Gasteiger partial charge in [0.05, 0.1) is 0 Å². The van der Waals surface area contributed by atoms with Gasteiger partial charge in [-0.25, -0.2) is 0 Å². The van der Waals surface area contributed by atoms with E-state index in [2.05, 4.69) is 25.7 Å². The van der Waals surface area contributed by atoms with Crippen LogP contribution in [0.2, 0.25) is 0 Å². The summed E-state index contributed by atoms with van der Waals surface area (Å²) in [7, 11) is 0. The number of hydrogen-bond acceptors (Lipinski definition) is 1. The van der Waals surface area contributed by atoms with Gasteiger partial charge in [-0.05, 0) is 37.8 Å². The highest BCUT2D eigenvalue weighted by Gasteiger charge is 2.20. The fraction of sp³-hybridized carbons (Fsp3) is 1.00. The fourth-order valence-electron chi connectivity index (χ4n) is 1.89. The van der Waals surface area contributed by atoms with Gasteiger partial charge in [0.15, 0.2) is 0 Å². The molecule has 1 nitrogen and oxygen atoms in total. The summed E-state index contributed by atoms with van der Waals surface area (Å²) < 4.78 is 0. The van der Waals surface area contributed by atoms with E-state index in [-0.39, 0.29) is 0 Å². The molecule has 0 aromatic rings. The molecule has 0 bridgehead atoms. The first-order chi connectivity index (χ1) is 5.72. The van der Waals surface area contributed by atoms with E-state index >= 15 is 0 Å². The van der Waals surface area contributed by atoms with E-state index in [1.54, 1.807) is 0 Å². The summed E-state index contributed by atoms with van der Waals surface area (Å²) in [5.74, 6) is 1.86. The van der Waals surface area contributed by atoms with Crippen LogP contribution in [0.4, 0.5) is 0 Å². The second-order valence-electron chi connectivity index (χ2n) is 4.55. The highest BCUT2D eigenvalue weighted by Crippen LogP contribution is 2.19. The molecule has 12 heavy (non-hydrogen) atoms. The van der Waals surface area contributed by atoms with Gasteiger partial charge in [0, 0.05) is 6.54 Å². The smallest absolute Gasteiger partial charge is 0.00100 e. The van der Waals surface area contributed by atoms with Crippen LogP contribution in [0.5, 0.6) is 0 Å². The Balaban J connectivity index is 2.11. The molecule has 0 amide bonds. The molecule has 0 aromatic carbocycles. The Hall–Kier alpha value is -0.0400. The molecule has 0 spiro atoms. The average molecular weight is 169 g/mol. The molecule has 1 rings (SSSR count). The van der Waals surface area contributed by atoms with Crippen LogP contribution in [-0.2, 0) is 0 Å². The minimum absolute atomic E-state index is 0.866. The molecule has 0 aliphatic carbocycles. The molecule has 1 aliphatic rings. The standard InChI is InChI=1S/C11H23N/c1-4-11-6-8-12(9-11)7-5-10(2)3/h10-11H,4-9H2,1-3H3. The Morgan fingerprint density at radius 3 is 2.67 bits per heavy atom. The lowest BCUT2D eigenvalue weighted by molar-refractivity contribution is 0.301. The van der Waals surface area contributed by atoms with Crippen LogP contribution < -0.4 is 0 Å². The lowest BCUT2D eigenvalue weighted by atomic mass is 10.1. The lowest BCUT2D eigenvalue weighted by Gasteiger charge is -2.16. The Morgan fingerprint density at radius 2 is 2.17 bits per heavy atom. The second-order valence-corrected chi connectivity index (χ2v) is 4.55. The monoisotopic (exact) mass is 169 g/mol. The maximum Gasteiger partial charge on any atom is 0.00100 e. The molecule has 1 fully saturated rings. The summed E-state index contributed by atoms with van der Waals surface area (Å²) in [6.07, 6.45) is 4.18. The van der Waals surface area contributed by atoms with E-state index in [0.717, 1.165) is 11.8 Å². The first-order valence-electron chi connectivity index (χ1n) is 5.44. The summed E-state index contributed by atoms with van der Waals surface area (Å²) in [6, 6.07) is 0. The zero-order valence-corrected chi connectivity index (χ0v) is 8.84. The van der Waals surface area contributed by atoms with Gasteiger partial charge in [0.1, 0.15) is 0 Å². The zero-order chi connectivity index (χ0) is 8.97. The van der Waals surface area contributed by atoms with Crippen LogP contribution in [0.1, 0.15) is 40.0 Å². The van der Waals surface area contributed by atoms with Crippen LogP contribution >= 0.6 is 0 Å². The summed E-state index contributed by atoms with van der Waals surface area (Å²) in [5.41, 5.74) is 0. The molecule has 0 aromatic heterocycles. The molecule has 1 aliphatic heterocycles. The molecule has 0 saturated carbocycles. The van der Waals surface area contributed by atoms with Gasteiger partial charge in [-0.15, -0.1) is 0 Å². The highest BCUT2D eigenvalue weighted by atomic mass is 15.1. The van der Waals surface area contributed by atoms with Crippen LogP contribution in [0.25, 0.3) is 0 Å². The predicted octanol–water partition coefficient (Wildman–Crippen LogP) is 2.76. The van der Waals surface area contributed by atoms with Crippen molar-refractivity contribution in [2.24, 2.45) is 11.8 Å². The van der Waals surface area contributed by atoms with E-state index in [4.69, 9.17) is 0 Å². The van der Waals surface area contributed by atoms with Crippen molar-refractivity contribution in [2.45, 2.75) is 40.0 Å². The zero-order valence-electron chi connectivity index (χ0n) is 8.84. The Kier molecular flexibility index (Phi) is 4.07. The Morgan fingerprint density at radius 1 is 1.42 bits per heavy atom. The summed E-state index contributed by atoms with van der Waals surface area (Å²) in [6.45, 7) is 11.0. The van der Waals surface area contributed by atoms with Crippen molar-refractivity contribution in [1.82, 2.24) is 4.90 Å². The van der Waals surface area contributed by atoms with Gasteiger partial charge in [-0.1, -0.05) is 27.2 Å². The molecule has 1 saturated heterocycles. The average Bonchev–Trinajstić information content (AvgIpc) is 2.48. The molecule has 1 heterocycles. The SMILES string of the molecule is CCC1CCN(CCC(C)C)C1. The molecule has 1 atom stereocenters. The predicted molar refractivity (Wildman–Crippen MR) is 54.3 cm³/mol. The first-order valence-corrected chi connectivity index (χ1v) is 5.44. The summed E-state index contributed by atoms with van der Waals surface area (Å²) in [5, 5.41) is 0. The van der Waals surface area contributed by atoms with Crippen LogP contribution in [0.3, 0.4) is 0 Å². The molecule has 72 valence electrons. The number of nitrogens with zero attached hydrogens (tertiary/aromatic N) is 1. The number of likely N-dealkylation sites (tertiary alicyclic amines) is 1. The van der Waals surface area contributed by atoms with E-state index in [1.165, 1.54) is 38.9 Å². The van der Waals surface area contributed by atoms with E-state index in [9.17, 15) is 0 Å². The molecular formula is C11H23N. The number of hydrogen-bond donors (Lipinski definition) is 0. The quantitative estimate of drug-likeness (QED) is 0.625. The highest BCUT2D eigenvalue weighted by molar-refractivity contribution is 4.74. The van der Waals surface area contributed by atoms with Crippen molar-refractivity contribution in [3.05, 3.63) is 0 Å². The van der Waals surface area contributed by atoms with Gasteiger partial charge in [0.25, 0.3) is 0 Å². The minimum Gasteiger partial charge on any atom is -0.303 e. The van der Waals surface area contributed by atoms with E-state index in [1.807, 2.05) is 0 Å². The van der Waals surface area contributed by atoms with Crippen molar-refractivity contribution >= 4 is 0 Å². The normalized spacial score (nSPS) is 25.5.